The maximum Gasteiger partial charge on any atom is 0.223 e. The zero-order valence-corrected chi connectivity index (χ0v) is 17.0. The summed E-state index contributed by atoms with van der Waals surface area (Å²) in [6.07, 6.45) is 21.6. The molecule has 0 spiro atoms. The molecule has 0 aromatic rings. The van der Waals surface area contributed by atoms with E-state index in [1.54, 1.807) is 0 Å². The molecule has 2 heteroatoms. The Bertz CT molecular complexity index is 265. The smallest absolute Gasteiger partial charge is 0.223 e. The van der Waals surface area contributed by atoms with Gasteiger partial charge in [-0.1, -0.05) is 104 Å². The second-order valence-electron chi connectivity index (χ2n) is 7.38. The Morgan fingerprint density at radius 3 is 1.46 bits per heavy atom. The van der Waals surface area contributed by atoms with Crippen LogP contribution in [-0.2, 0) is 4.79 Å². The highest BCUT2D eigenvalue weighted by Gasteiger charge is 2.14. The van der Waals surface area contributed by atoms with Gasteiger partial charge in [0.05, 0.1) is 0 Å². The van der Waals surface area contributed by atoms with E-state index in [1.165, 1.54) is 89.9 Å². The van der Waals surface area contributed by atoms with Crippen molar-refractivity contribution in [2.45, 2.75) is 124 Å². The van der Waals surface area contributed by atoms with Gasteiger partial charge in [-0.05, 0) is 19.8 Å². The molecular weight excluding hydrogens is 294 g/mol. The summed E-state index contributed by atoms with van der Waals surface area (Å²) in [5.41, 5.74) is 0. The average Bonchev–Trinajstić information content (AvgIpc) is 2.58. The van der Waals surface area contributed by atoms with Gasteiger partial charge in [-0.25, -0.2) is 0 Å². The van der Waals surface area contributed by atoms with E-state index in [0.717, 1.165) is 19.4 Å². The zero-order chi connectivity index (χ0) is 17.9. The number of rotatable bonds is 18. The van der Waals surface area contributed by atoms with Gasteiger partial charge in [0.25, 0.3) is 0 Å². The summed E-state index contributed by atoms with van der Waals surface area (Å²) in [6.45, 7) is 7.17. The van der Waals surface area contributed by atoms with Crippen LogP contribution in [0.2, 0.25) is 0 Å². The lowest BCUT2D eigenvalue weighted by molar-refractivity contribution is -0.125. The van der Waals surface area contributed by atoms with Gasteiger partial charge in [-0.15, -0.1) is 0 Å². The molecule has 0 rings (SSSR count). The van der Waals surface area contributed by atoms with Crippen LogP contribution in [0.1, 0.15) is 124 Å². The summed E-state index contributed by atoms with van der Waals surface area (Å²) in [5, 5.41) is 2.96. The number of carbonyl (C=O) groups excluding carboxylic acids is 1. The molecule has 0 aliphatic rings. The predicted molar refractivity (Wildman–Crippen MR) is 107 cm³/mol. The van der Waals surface area contributed by atoms with Crippen LogP contribution in [-0.4, -0.2) is 12.5 Å². The van der Waals surface area contributed by atoms with Crippen molar-refractivity contribution in [1.29, 1.82) is 0 Å². The highest BCUT2D eigenvalue weighted by atomic mass is 16.1. The first-order chi connectivity index (χ1) is 11.8. The zero-order valence-electron chi connectivity index (χ0n) is 17.0. The molecule has 1 N–H and O–H groups in total. The largest absolute Gasteiger partial charge is 0.356 e. The van der Waals surface area contributed by atoms with E-state index in [9.17, 15) is 4.79 Å². The summed E-state index contributed by atoms with van der Waals surface area (Å²) >= 11 is 0. The van der Waals surface area contributed by atoms with E-state index < -0.39 is 0 Å². The van der Waals surface area contributed by atoms with Gasteiger partial charge < -0.3 is 5.32 Å². The number of amides is 1. The first-order valence-electron chi connectivity index (χ1n) is 11.0. The monoisotopic (exact) mass is 339 g/mol. The lowest BCUT2D eigenvalue weighted by Gasteiger charge is -2.13. The molecule has 0 saturated carbocycles. The quantitative estimate of drug-likeness (QED) is 0.267. The third-order valence-electron chi connectivity index (χ3n) is 5.12. The van der Waals surface area contributed by atoms with Crippen molar-refractivity contribution >= 4 is 5.91 Å². The molecule has 1 unspecified atom stereocenters. The fraction of sp³-hybridized carbons (Fsp3) is 0.955. The molecule has 1 amide bonds. The van der Waals surface area contributed by atoms with Gasteiger partial charge in [0.2, 0.25) is 5.91 Å². The van der Waals surface area contributed by atoms with Crippen molar-refractivity contribution in [2.75, 3.05) is 6.54 Å². The Balaban J connectivity index is 3.26. The van der Waals surface area contributed by atoms with Crippen LogP contribution in [0, 0.1) is 5.92 Å². The number of nitrogens with one attached hydrogen (secondary N) is 1. The molecule has 0 fully saturated rings. The predicted octanol–water partition coefficient (Wildman–Crippen LogP) is 7.02. The fourth-order valence-corrected chi connectivity index (χ4v) is 3.42. The summed E-state index contributed by atoms with van der Waals surface area (Å²) in [6, 6.07) is 0. The van der Waals surface area contributed by atoms with Gasteiger partial charge in [-0.2, -0.15) is 0 Å². The van der Waals surface area contributed by atoms with E-state index in [4.69, 9.17) is 0 Å². The van der Waals surface area contributed by atoms with Crippen molar-refractivity contribution in [3.8, 4) is 0 Å². The third kappa shape index (κ3) is 15.0. The third-order valence-corrected chi connectivity index (χ3v) is 5.12. The van der Waals surface area contributed by atoms with Gasteiger partial charge in [-0.3, -0.25) is 4.79 Å². The van der Waals surface area contributed by atoms with Crippen LogP contribution in [0.3, 0.4) is 0 Å². The normalized spacial score (nSPS) is 12.3. The summed E-state index contributed by atoms with van der Waals surface area (Å²) < 4.78 is 0. The van der Waals surface area contributed by atoms with Crippen molar-refractivity contribution in [3.63, 3.8) is 0 Å². The Hall–Kier alpha value is -0.530. The molecule has 0 saturated heterocycles. The van der Waals surface area contributed by atoms with Crippen molar-refractivity contribution in [1.82, 2.24) is 5.32 Å². The molecule has 0 aliphatic heterocycles. The van der Waals surface area contributed by atoms with Gasteiger partial charge in [0, 0.05) is 12.5 Å². The Labute approximate surface area is 152 Å². The van der Waals surface area contributed by atoms with Crippen LogP contribution in [0.25, 0.3) is 0 Å². The van der Waals surface area contributed by atoms with Crippen LogP contribution in [0.5, 0.6) is 0 Å². The van der Waals surface area contributed by atoms with Crippen LogP contribution in [0.4, 0.5) is 0 Å². The minimum Gasteiger partial charge on any atom is -0.356 e. The molecular formula is C22H45NO. The van der Waals surface area contributed by atoms with E-state index in [-0.39, 0.29) is 11.8 Å². The first-order valence-corrected chi connectivity index (χ1v) is 11.0. The molecule has 0 aromatic carbocycles. The summed E-state index contributed by atoms with van der Waals surface area (Å²) in [5.74, 6) is 0.497. The van der Waals surface area contributed by atoms with E-state index in [2.05, 4.69) is 19.2 Å². The molecule has 0 aromatic heterocycles. The molecule has 0 radical (unpaired) electrons. The topological polar surface area (TPSA) is 29.1 Å². The van der Waals surface area contributed by atoms with E-state index in [0.29, 0.717) is 0 Å². The van der Waals surface area contributed by atoms with Gasteiger partial charge in [0.15, 0.2) is 0 Å². The SMILES string of the molecule is CCCCCCCCCCCCCCCCC(CC)C(=O)NCC. The van der Waals surface area contributed by atoms with Crippen LogP contribution < -0.4 is 5.32 Å². The number of carbonyl (C=O) groups is 1. The highest BCUT2D eigenvalue weighted by Crippen LogP contribution is 2.16. The molecule has 2 nitrogen and oxygen atoms in total. The van der Waals surface area contributed by atoms with Crippen molar-refractivity contribution < 1.29 is 4.79 Å². The number of hydrogen-bond acceptors (Lipinski definition) is 1. The average molecular weight is 340 g/mol. The first kappa shape index (κ1) is 23.5. The maximum absolute atomic E-state index is 11.8. The Morgan fingerprint density at radius 1 is 0.667 bits per heavy atom. The summed E-state index contributed by atoms with van der Waals surface area (Å²) in [7, 11) is 0. The minimum absolute atomic E-state index is 0.238. The second-order valence-corrected chi connectivity index (χ2v) is 7.38. The van der Waals surface area contributed by atoms with Gasteiger partial charge in [0.1, 0.15) is 0 Å². The van der Waals surface area contributed by atoms with Crippen molar-refractivity contribution in [3.05, 3.63) is 0 Å². The van der Waals surface area contributed by atoms with Crippen LogP contribution >= 0.6 is 0 Å². The lowest BCUT2D eigenvalue weighted by Crippen LogP contribution is -2.30. The molecule has 0 heterocycles. The maximum atomic E-state index is 11.8. The molecule has 0 bridgehead atoms. The Kier molecular flexibility index (Phi) is 18.4. The van der Waals surface area contributed by atoms with E-state index in [1.807, 2.05) is 6.92 Å². The molecule has 24 heavy (non-hydrogen) atoms. The highest BCUT2D eigenvalue weighted by molar-refractivity contribution is 5.78. The summed E-state index contributed by atoms with van der Waals surface area (Å²) in [4.78, 5) is 11.8. The van der Waals surface area contributed by atoms with Crippen molar-refractivity contribution in [2.24, 2.45) is 5.92 Å². The molecule has 1 atom stereocenters. The molecule has 144 valence electrons. The number of hydrogen-bond donors (Lipinski definition) is 1. The standard InChI is InChI=1S/C22H45NO/c1-4-7-8-9-10-11-12-13-14-15-16-17-18-19-20-21(5-2)22(24)23-6-3/h21H,4-20H2,1-3H3,(H,23,24). The second kappa shape index (κ2) is 18.8. The Morgan fingerprint density at radius 2 is 1.08 bits per heavy atom. The van der Waals surface area contributed by atoms with E-state index >= 15 is 0 Å². The number of unbranched alkanes of at least 4 members (excludes halogenated alkanes) is 13. The van der Waals surface area contributed by atoms with Crippen LogP contribution in [0.15, 0.2) is 0 Å². The lowest BCUT2D eigenvalue weighted by atomic mass is 9.97. The van der Waals surface area contributed by atoms with Gasteiger partial charge >= 0.3 is 0 Å². The fourth-order valence-electron chi connectivity index (χ4n) is 3.42. The molecule has 0 aliphatic carbocycles. The minimum atomic E-state index is 0.238.